The zero-order chi connectivity index (χ0) is 17.9. The third-order valence-electron chi connectivity index (χ3n) is 5.23. The van der Waals surface area contributed by atoms with Crippen molar-refractivity contribution in [1.82, 2.24) is 0 Å². The molecule has 0 amide bonds. The van der Waals surface area contributed by atoms with Gasteiger partial charge in [0.25, 0.3) is 0 Å². The van der Waals surface area contributed by atoms with Crippen molar-refractivity contribution in [2.75, 3.05) is 13.2 Å². The molecular weight excluding hydrogens is 312 g/mol. The quantitative estimate of drug-likeness (QED) is 0.392. The van der Waals surface area contributed by atoms with Crippen LogP contribution in [0.1, 0.15) is 83.1 Å². The molecule has 140 valence electrons. The number of unbranched alkanes of at least 4 members (excludes halogenated alkanes) is 3. The van der Waals surface area contributed by atoms with Gasteiger partial charge in [-0.05, 0) is 68.1 Å². The fourth-order valence-corrected chi connectivity index (χ4v) is 3.47. The Bertz CT molecular complexity index is 486. The first-order valence-electron chi connectivity index (χ1n) is 10.1. The van der Waals surface area contributed by atoms with Crippen molar-refractivity contribution in [1.29, 1.82) is 0 Å². The van der Waals surface area contributed by atoms with E-state index in [-0.39, 0.29) is 5.97 Å². The molecule has 0 aliphatic heterocycles. The molecule has 0 aromatic heterocycles. The summed E-state index contributed by atoms with van der Waals surface area (Å²) in [6.07, 6.45) is 10.0. The second-order valence-electron chi connectivity index (χ2n) is 7.36. The Morgan fingerprint density at radius 1 is 0.960 bits per heavy atom. The first-order valence-corrected chi connectivity index (χ1v) is 10.1. The largest absolute Gasteiger partial charge is 0.494 e. The molecule has 0 N–H and O–H groups in total. The maximum atomic E-state index is 11.0. The average Bonchev–Trinajstić information content (AvgIpc) is 2.65. The molecule has 0 radical (unpaired) electrons. The molecule has 1 saturated carbocycles. The molecule has 0 atom stereocenters. The van der Waals surface area contributed by atoms with Gasteiger partial charge < -0.3 is 9.47 Å². The maximum Gasteiger partial charge on any atom is 0.305 e. The predicted molar refractivity (Wildman–Crippen MR) is 102 cm³/mol. The minimum Gasteiger partial charge on any atom is -0.494 e. The lowest BCUT2D eigenvalue weighted by Gasteiger charge is -2.26. The third kappa shape index (κ3) is 7.50. The van der Waals surface area contributed by atoms with E-state index in [2.05, 4.69) is 31.2 Å². The van der Waals surface area contributed by atoms with E-state index in [1.807, 2.05) is 6.92 Å². The molecule has 0 heterocycles. The summed E-state index contributed by atoms with van der Waals surface area (Å²) < 4.78 is 10.9. The first kappa shape index (κ1) is 19.8. The van der Waals surface area contributed by atoms with Gasteiger partial charge in [0.1, 0.15) is 5.75 Å². The lowest BCUT2D eigenvalue weighted by atomic mass is 9.79. The van der Waals surface area contributed by atoms with Crippen LogP contribution in [-0.4, -0.2) is 19.2 Å². The SMILES string of the molecule is CCC(=O)OCCCCCCOc1ccc(C2CCC(C)CC2)cc1. The number of carbonyl (C=O) groups is 1. The average molecular weight is 347 g/mol. The number of carbonyl (C=O) groups excluding carboxylic acids is 1. The molecule has 0 bridgehead atoms. The van der Waals surface area contributed by atoms with Gasteiger partial charge in [0.15, 0.2) is 0 Å². The molecule has 1 aliphatic carbocycles. The summed E-state index contributed by atoms with van der Waals surface area (Å²) in [5.41, 5.74) is 1.47. The summed E-state index contributed by atoms with van der Waals surface area (Å²) in [5, 5.41) is 0. The lowest BCUT2D eigenvalue weighted by Crippen LogP contribution is -2.10. The van der Waals surface area contributed by atoms with Crippen molar-refractivity contribution in [3.8, 4) is 5.75 Å². The maximum absolute atomic E-state index is 11.0. The van der Waals surface area contributed by atoms with Crippen molar-refractivity contribution < 1.29 is 14.3 Å². The summed E-state index contributed by atoms with van der Waals surface area (Å²) in [7, 11) is 0. The van der Waals surface area contributed by atoms with Crippen molar-refractivity contribution in [3.05, 3.63) is 29.8 Å². The number of benzene rings is 1. The van der Waals surface area contributed by atoms with E-state index in [1.54, 1.807) is 0 Å². The molecule has 0 unspecified atom stereocenters. The van der Waals surface area contributed by atoms with Crippen LogP contribution in [0.3, 0.4) is 0 Å². The summed E-state index contributed by atoms with van der Waals surface area (Å²) >= 11 is 0. The van der Waals surface area contributed by atoms with E-state index in [1.165, 1.54) is 31.2 Å². The van der Waals surface area contributed by atoms with Crippen molar-refractivity contribution in [2.45, 2.75) is 77.6 Å². The van der Waals surface area contributed by atoms with Crippen LogP contribution in [0.5, 0.6) is 5.75 Å². The molecule has 2 rings (SSSR count). The van der Waals surface area contributed by atoms with Gasteiger partial charge in [0.2, 0.25) is 0 Å². The highest BCUT2D eigenvalue weighted by Gasteiger charge is 2.19. The highest BCUT2D eigenvalue weighted by atomic mass is 16.5. The van der Waals surface area contributed by atoms with Crippen LogP contribution in [0.15, 0.2) is 24.3 Å². The fraction of sp³-hybridized carbons (Fsp3) is 0.682. The highest BCUT2D eigenvalue weighted by Crippen LogP contribution is 2.35. The Balaban J connectivity index is 1.55. The summed E-state index contributed by atoms with van der Waals surface area (Å²) in [6, 6.07) is 8.74. The van der Waals surface area contributed by atoms with E-state index < -0.39 is 0 Å². The molecule has 1 aromatic carbocycles. The molecular formula is C22H34O3. The second kappa shape index (κ2) is 11.2. The van der Waals surface area contributed by atoms with Gasteiger partial charge in [-0.15, -0.1) is 0 Å². The molecule has 0 saturated heterocycles. The van der Waals surface area contributed by atoms with Gasteiger partial charge in [0, 0.05) is 6.42 Å². The number of hydrogen-bond acceptors (Lipinski definition) is 3. The van der Waals surface area contributed by atoms with Crippen LogP contribution in [0.4, 0.5) is 0 Å². The Kier molecular flexibility index (Phi) is 8.85. The Morgan fingerprint density at radius 3 is 2.24 bits per heavy atom. The van der Waals surface area contributed by atoms with E-state index >= 15 is 0 Å². The minimum atomic E-state index is -0.102. The standard InChI is InChI=1S/C22H34O3/c1-3-22(23)25-17-7-5-4-6-16-24-21-14-12-20(13-15-21)19-10-8-18(2)9-11-19/h12-15,18-19H,3-11,16-17H2,1-2H3. The summed E-state index contributed by atoms with van der Waals surface area (Å²) in [5.74, 6) is 2.52. The van der Waals surface area contributed by atoms with Gasteiger partial charge in [0.05, 0.1) is 13.2 Å². The minimum absolute atomic E-state index is 0.102. The third-order valence-corrected chi connectivity index (χ3v) is 5.23. The zero-order valence-electron chi connectivity index (χ0n) is 16.0. The van der Waals surface area contributed by atoms with Crippen LogP contribution in [-0.2, 0) is 9.53 Å². The van der Waals surface area contributed by atoms with Crippen molar-refractivity contribution >= 4 is 5.97 Å². The fourth-order valence-electron chi connectivity index (χ4n) is 3.47. The molecule has 1 fully saturated rings. The second-order valence-corrected chi connectivity index (χ2v) is 7.36. The number of rotatable bonds is 10. The zero-order valence-corrected chi connectivity index (χ0v) is 16.0. The van der Waals surface area contributed by atoms with Crippen LogP contribution < -0.4 is 4.74 Å². The van der Waals surface area contributed by atoms with E-state index in [0.29, 0.717) is 13.0 Å². The van der Waals surface area contributed by atoms with Crippen molar-refractivity contribution in [3.63, 3.8) is 0 Å². The molecule has 1 aliphatic rings. The van der Waals surface area contributed by atoms with Gasteiger partial charge in [-0.25, -0.2) is 0 Å². The Hall–Kier alpha value is -1.51. The molecule has 1 aromatic rings. The summed E-state index contributed by atoms with van der Waals surface area (Å²) in [6.45, 7) is 5.50. The summed E-state index contributed by atoms with van der Waals surface area (Å²) in [4.78, 5) is 11.0. The Labute approximate surface area is 153 Å². The molecule has 0 spiro atoms. The lowest BCUT2D eigenvalue weighted by molar-refractivity contribution is -0.143. The van der Waals surface area contributed by atoms with Crippen LogP contribution in [0.25, 0.3) is 0 Å². The topological polar surface area (TPSA) is 35.5 Å². The Morgan fingerprint density at radius 2 is 1.60 bits per heavy atom. The smallest absolute Gasteiger partial charge is 0.305 e. The molecule has 3 nitrogen and oxygen atoms in total. The monoisotopic (exact) mass is 346 g/mol. The van der Waals surface area contributed by atoms with E-state index in [0.717, 1.165) is 49.9 Å². The normalized spacial score (nSPS) is 20.2. The van der Waals surface area contributed by atoms with E-state index in [4.69, 9.17) is 9.47 Å². The number of hydrogen-bond donors (Lipinski definition) is 0. The highest BCUT2D eigenvalue weighted by molar-refractivity contribution is 5.68. The van der Waals surface area contributed by atoms with E-state index in [9.17, 15) is 4.79 Å². The van der Waals surface area contributed by atoms with Crippen molar-refractivity contribution in [2.24, 2.45) is 5.92 Å². The van der Waals surface area contributed by atoms with Gasteiger partial charge in [-0.2, -0.15) is 0 Å². The van der Waals surface area contributed by atoms with Crippen LogP contribution in [0, 0.1) is 5.92 Å². The molecule has 25 heavy (non-hydrogen) atoms. The first-order chi connectivity index (χ1) is 12.2. The predicted octanol–water partition coefficient (Wildman–Crippen LogP) is 5.87. The number of esters is 1. The van der Waals surface area contributed by atoms with Gasteiger partial charge >= 0.3 is 5.97 Å². The van der Waals surface area contributed by atoms with Crippen LogP contribution >= 0.6 is 0 Å². The van der Waals surface area contributed by atoms with Crippen LogP contribution in [0.2, 0.25) is 0 Å². The van der Waals surface area contributed by atoms with Gasteiger partial charge in [-0.1, -0.05) is 38.8 Å². The number of ether oxygens (including phenoxy) is 2. The van der Waals surface area contributed by atoms with Gasteiger partial charge in [-0.3, -0.25) is 4.79 Å². The molecule has 3 heteroatoms.